The Hall–Kier alpha value is -1.25. The summed E-state index contributed by atoms with van der Waals surface area (Å²) in [6.07, 6.45) is 0. The van der Waals surface area contributed by atoms with Crippen molar-refractivity contribution in [3.05, 3.63) is 23.7 Å². The Kier molecular flexibility index (Phi) is 2.31. The molecule has 0 saturated heterocycles. The highest BCUT2D eigenvalue weighted by atomic mass is 15.1. The molecule has 60 valence electrons. The average Bonchev–Trinajstić information content (AvgIpc) is 2.05. The van der Waals surface area contributed by atoms with Gasteiger partial charge < -0.3 is 9.88 Å². The van der Waals surface area contributed by atoms with Gasteiger partial charge in [-0.05, 0) is 12.1 Å². The minimum absolute atomic E-state index is 0.969. The number of anilines is 1. The topological polar surface area (TPSA) is 29.3 Å². The molecule has 0 amide bonds. The van der Waals surface area contributed by atoms with E-state index in [2.05, 4.69) is 10.3 Å². The molecular weight excluding hydrogens is 138 g/mol. The van der Waals surface area contributed by atoms with Gasteiger partial charge in [0.15, 0.2) is 0 Å². The molecule has 0 aliphatic rings. The molecule has 0 aromatic carbocycles. The highest BCUT2D eigenvalue weighted by Gasteiger charge is 1.91. The number of nitrogens with one attached hydrogen (secondary N) is 1. The first-order valence-corrected chi connectivity index (χ1v) is 3.56. The highest BCUT2D eigenvalue weighted by Crippen LogP contribution is 1.98. The number of nitrogens with zero attached hydrogens (tertiary/aromatic N) is 2. The maximum atomic E-state index is 4.10. The van der Waals surface area contributed by atoms with Crippen LogP contribution in [0.25, 0.3) is 0 Å². The minimum atomic E-state index is 0.969. The van der Waals surface area contributed by atoms with Gasteiger partial charge in [-0.15, -0.1) is 0 Å². The molecule has 1 heterocycles. The van der Waals surface area contributed by atoms with Gasteiger partial charge in [-0.1, -0.05) is 6.07 Å². The lowest BCUT2D eigenvalue weighted by Gasteiger charge is -2.06. The first-order valence-electron chi connectivity index (χ1n) is 3.56. The van der Waals surface area contributed by atoms with E-state index in [0.29, 0.717) is 0 Å². The first kappa shape index (κ1) is 7.85. The number of hydrogen-bond acceptors (Lipinski definition) is 2. The molecule has 1 aromatic rings. The second-order valence-electron chi connectivity index (χ2n) is 2.30. The van der Waals surface area contributed by atoms with Crippen LogP contribution in [0.15, 0.2) is 23.2 Å². The fourth-order valence-electron chi connectivity index (χ4n) is 1.05. The van der Waals surface area contributed by atoms with Gasteiger partial charge in [0, 0.05) is 21.1 Å². The van der Waals surface area contributed by atoms with Crippen LogP contribution in [-0.2, 0) is 7.05 Å². The van der Waals surface area contributed by atoms with Gasteiger partial charge in [0.05, 0.1) is 0 Å². The van der Waals surface area contributed by atoms with Crippen LogP contribution in [0.1, 0.15) is 0 Å². The molecule has 0 saturated carbocycles. The van der Waals surface area contributed by atoms with Crippen molar-refractivity contribution in [2.45, 2.75) is 0 Å². The van der Waals surface area contributed by atoms with Gasteiger partial charge in [0.25, 0.3) is 0 Å². The number of rotatable bonds is 1. The van der Waals surface area contributed by atoms with Gasteiger partial charge in [0.2, 0.25) is 0 Å². The SMILES string of the molecule is CN=c1cccc(NC)n1C. The van der Waals surface area contributed by atoms with Crippen molar-refractivity contribution in [3.63, 3.8) is 0 Å². The predicted octanol–water partition coefficient (Wildman–Crippen LogP) is 0.597. The molecule has 3 nitrogen and oxygen atoms in total. The van der Waals surface area contributed by atoms with E-state index in [0.717, 1.165) is 11.3 Å². The van der Waals surface area contributed by atoms with E-state index in [1.54, 1.807) is 7.05 Å². The maximum Gasteiger partial charge on any atom is 0.128 e. The van der Waals surface area contributed by atoms with E-state index in [1.165, 1.54) is 0 Å². The molecule has 11 heavy (non-hydrogen) atoms. The molecule has 3 heteroatoms. The van der Waals surface area contributed by atoms with Crippen molar-refractivity contribution in [2.75, 3.05) is 19.4 Å². The molecule has 1 N–H and O–H groups in total. The van der Waals surface area contributed by atoms with Crippen LogP contribution in [0.4, 0.5) is 5.82 Å². The zero-order chi connectivity index (χ0) is 8.27. The van der Waals surface area contributed by atoms with Gasteiger partial charge in [0.1, 0.15) is 11.3 Å². The standard InChI is InChI=1S/C8H13N3/c1-9-7-5-4-6-8(10-2)11(7)3/h4-6,9H,1-3H3. The lowest BCUT2D eigenvalue weighted by atomic mass is 10.4. The largest absolute Gasteiger partial charge is 0.375 e. The summed E-state index contributed by atoms with van der Waals surface area (Å²) < 4.78 is 2.00. The third-order valence-electron chi connectivity index (χ3n) is 1.69. The predicted molar refractivity (Wildman–Crippen MR) is 46.4 cm³/mol. The van der Waals surface area contributed by atoms with Gasteiger partial charge in [-0.2, -0.15) is 0 Å². The van der Waals surface area contributed by atoms with Crippen molar-refractivity contribution in [2.24, 2.45) is 12.0 Å². The van der Waals surface area contributed by atoms with Crippen molar-refractivity contribution in [3.8, 4) is 0 Å². The van der Waals surface area contributed by atoms with E-state index in [1.807, 2.05) is 36.9 Å². The van der Waals surface area contributed by atoms with Crippen LogP contribution in [0.3, 0.4) is 0 Å². The Labute approximate surface area is 66.4 Å². The van der Waals surface area contributed by atoms with Crippen LogP contribution in [0, 0.1) is 0 Å². The van der Waals surface area contributed by atoms with E-state index in [-0.39, 0.29) is 0 Å². The fourth-order valence-corrected chi connectivity index (χ4v) is 1.05. The molecule has 0 aliphatic heterocycles. The van der Waals surface area contributed by atoms with Crippen molar-refractivity contribution in [1.82, 2.24) is 4.57 Å². The van der Waals surface area contributed by atoms with E-state index in [9.17, 15) is 0 Å². The van der Waals surface area contributed by atoms with Crippen LogP contribution in [0.2, 0.25) is 0 Å². The smallest absolute Gasteiger partial charge is 0.128 e. The van der Waals surface area contributed by atoms with Gasteiger partial charge in [-0.25, -0.2) is 0 Å². The molecular formula is C8H13N3. The molecule has 0 atom stereocenters. The maximum absolute atomic E-state index is 4.10. The van der Waals surface area contributed by atoms with Gasteiger partial charge >= 0.3 is 0 Å². The minimum Gasteiger partial charge on any atom is -0.375 e. The lowest BCUT2D eigenvalue weighted by Crippen LogP contribution is -2.19. The van der Waals surface area contributed by atoms with Crippen molar-refractivity contribution in [1.29, 1.82) is 0 Å². The highest BCUT2D eigenvalue weighted by molar-refractivity contribution is 5.33. The Morgan fingerprint density at radius 2 is 2.18 bits per heavy atom. The summed E-state index contributed by atoms with van der Waals surface area (Å²) in [5.74, 6) is 1.06. The van der Waals surface area contributed by atoms with E-state index >= 15 is 0 Å². The zero-order valence-electron chi connectivity index (χ0n) is 7.13. The third-order valence-corrected chi connectivity index (χ3v) is 1.69. The van der Waals surface area contributed by atoms with Crippen LogP contribution in [0.5, 0.6) is 0 Å². The average molecular weight is 151 g/mol. The molecule has 0 radical (unpaired) electrons. The summed E-state index contributed by atoms with van der Waals surface area (Å²) in [5, 5.41) is 3.07. The normalized spacial score (nSPS) is 11.7. The molecule has 1 rings (SSSR count). The quantitative estimate of drug-likeness (QED) is 0.625. The molecule has 0 fully saturated rings. The van der Waals surface area contributed by atoms with Crippen LogP contribution in [-0.4, -0.2) is 18.7 Å². The third kappa shape index (κ3) is 1.42. The summed E-state index contributed by atoms with van der Waals surface area (Å²) >= 11 is 0. The zero-order valence-corrected chi connectivity index (χ0v) is 7.13. The Bertz CT molecular complexity index is 298. The van der Waals surface area contributed by atoms with Crippen LogP contribution >= 0.6 is 0 Å². The Balaban J connectivity index is 3.33. The summed E-state index contributed by atoms with van der Waals surface area (Å²) in [4.78, 5) is 4.10. The van der Waals surface area contributed by atoms with E-state index in [4.69, 9.17) is 0 Å². The molecule has 1 aromatic heterocycles. The number of aromatic nitrogens is 1. The van der Waals surface area contributed by atoms with E-state index < -0.39 is 0 Å². The number of pyridine rings is 1. The molecule has 0 aliphatic carbocycles. The van der Waals surface area contributed by atoms with Crippen molar-refractivity contribution < 1.29 is 0 Å². The molecule has 0 bridgehead atoms. The Morgan fingerprint density at radius 3 is 2.73 bits per heavy atom. The summed E-state index contributed by atoms with van der Waals surface area (Å²) in [7, 11) is 5.66. The summed E-state index contributed by atoms with van der Waals surface area (Å²) in [6.45, 7) is 0. The first-order chi connectivity index (χ1) is 5.29. The second kappa shape index (κ2) is 3.23. The molecule has 0 spiro atoms. The monoisotopic (exact) mass is 151 g/mol. The van der Waals surface area contributed by atoms with Crippen molar-refractivity contribution >= 4 is 5.82 Å². The summed E-state index contributed by atoms with van der Waals surface area (Å²) in [6, 6.07) is 5.96. The fraction of sp³-hybridized carbons (Fsp3) is 0.375. The number of hydrogen-bond donors (Lipinski definition) is 1. The lowest BCUT2D eigenvalue weighted by molar-refractivity contribution is 0.835. The summed E-state index contributed by atoms with van der Waals surface area (Å²) in [5.41, 5.74) is 0.969. The second-order valence-corrected chi connectivity index (χ2v) is 2.30. The molecule has 0 unspecified atom stereocenters. The van der Waals surface area contributed by atoms with Crippen LogP contribution < -0.4 is 10.8 Å². The Morgan fingerprint density at radius 1 is 1.45 bits per heavy atom. The van der Waals surface area contributed by atoms with Gasteiger partial charge in [-0.3, -0.25) is 4.99 Å².